The van der Waals surface area contributed by atoms with E-state index in [1.54, 1.807) is 12.1 Å². The average molecular weight is 277 g/mol. The molecule has 0 aliphatic heterocycles. The van der Waals surface area contributed by atoms with Gasteiger partial charge in [-0.1, -0.05) is 50.6 Å². The lowest BCUT2D eigenvalue weighted by atomic mass is 9.86. The third-order valence-electron chi connectivity index (χ3n) is 2.70. The number of hydrogen-bond acceptors (Lipinski definition) is 3. The second-order valence-corrected chi connectivity index (χ2v) is 5.80. The smallest absolute Gasteiger partial charge is 0.222 e. The van der Waals surface area contributed by atoms with Gasteiger partial charge in [0.25, 0.3) is 0 Å². The van der Waals surface area contributed by atoms with Crippen LogP contribution in [0.2, 0.25) is 5.15 Å². The van der Waals surface area contributed by atoms with Crippen LogP contribution in [0.3, 0.4) is 0 Å². The summed E-state index contributed by atoms with van der Waals surface area (Å²) < 4.78 is 5.82. The van der Waals surface area contributed by atoms with Gasteiger partial charge in [0.2, 0.25) is 5.88 Å². The standard InChI is InChI=1S/C15H17ClN2O/c1-15(2,3)11-6-4-5-7-12(11)19-14-9-10(17)8-13(16)18-14/h4-9H,1-3H3,(H2,17,18). The first-order chi connectivity index (χ1) is 8.86. The van der Waals surface area contributed by atoms with Crippen LogP contribution in [0.15, 0.2) is 36.4 Å². The van der Waals surface area contributed by atoms with Crippen LogP contribution in [0.5, 0.6) is 11.6 Å². The number of anilines is 1. The molecule has 1 aromatic heterocycles. The molecule has 4 heteroatoms. The van der Waals surface area contributed by atoms with E-state index >= 15 is 0 Å². The Bertz CT molecular complexity index is 571. The average Bonchev–Trinajstić information content (AvgIpc) is 2.26. The molecule has 0 atom stereocenters. The summed E-state index contributed by atoms with van der Waals surface area (Å²) in [5, 5.41) is 0.322. The van der Waals surface area contributed by atoms with Gasteiger partial charge in [0, 0.05) is 17.3 Å². The number of rotatable bonds is 2. The number of nitrogen functional groups attached to an aromatic ring is 1. The molecule has 0 bridgehead atoms. The van der Waals surface area contributed by atoms with Gasteiger partial charge in [0.05, 0.1) is 0 Å². The molecule has 2 N–H and O–H groups in total. The van der Waals surface area contributed by atoms with Crippen molar-refractivity contribution in [3.63, 3.8) is 0 Å². The lowest BCUT2D eigenvalue weighted by Crippen LogP contribution is -2.12. The molecule has 100 valence electrons. The first-order valence-corrected chi connectivity index (χ1v) is 6.44. The number of para-hydroxylation sites is 1. The number of halogens is 1. The Balaban J connectivity index is 2.38. The molecule has 0 unspecified atom stereocenters. The lowest BCUT2D eigenvalue weighted by Gasteiger charge is -2.22. The molecule has 0 spiro atoms. The van der Waals surface area contributed by atoms with Gasteiger partial charge in [-0.25, -0.2) is 4.98 Å². The summed E-state index contributed by atoms with van der Waals surface area (Å²) in [7, 11) is 0. The van der Waals surface area contributed by atoms with Crippen LogP contribution in [-0.2, 0) is 5.41 Å². The van der Waals surface area contributed by atoms with E-state index < -0.39 is 0 Å². The Kier molecular flexibility index (Phi) is 3.67. The summed E-state index contributed by atoms with van der Waals surface area (Å²) in [5.74, 6) is 1.17. The Morgan fingerprint density at radius 1 is 1.16 bits per heavy atom. The molecule has 19 heavy (non-hydrogen) atoms. The van der Waals surface area contributed by atoms with Crippen LogP contribution in [0.1, 0.15) is 26.3 Å². The van der Waals surface area contributed by atoms with Gasteiger partial charge in [-0.3, -0.25) is 0 Å². The van der Waals surface area contributed by atoms with Crippen molar-refractivity contribution in [2.24, 2.45) is 0 Å². The Morgan fingerprint density at radius 3 is 2.47 bits per heavy atom. The quantitative estimate of drug-likeness (QED) is 0.827. The molecule has 0 saturated heterocycles. The van der Waals surface area contributed by atoms with Gasteiger partial charge in [-0.15, -0.1) is 0 Å². The topological polar surface area (TPSA) is 48.1 Å². The highest BCUT2D eigenvalue weighted by Crippen LogP contribution is 2.34. The van der Waals surface area contributed by atoms with E-state index in [1.807, 2.05) is 24.3 Å². The van der Waals surface area contributed by atoms with Gasteiger partial charge in [-0.2, -0.15) is 0 Å². The third kappa shape index (κ3) is 3.38. The van der Waals surface area contributed by atoms with Gasteiger partial charge in [0.1, 0.15) is 10.9 Å². The number of aromatic nitrogens is 1. The Labute approximate surface area is 118 Å². The monoisotopic (exact) mass is 276 g/mol. The molecule has 2 aromatic rings. The number of benzene rings is 1. The van der Waals surface area contributed by atoms with E-state index in [9.17, 15) is 0 Å². The molecule has 3 nitrogen and oxygen atoms in total. The second-order valence-electron chi connectivity index (χ2n) is 5.41. The SMILES string of the molecule is CC(C)(C)c1ccccc1Oc1cc(N)cc(Cl)n1. The predicted molar refractivity (Wildman–Crippen MR) is 78.9 cm³/mol. The van der Waals surface area contributed by atoms with Crippen molar-refractivity contribution < 1.29 is 4.74 Å². The summed E-state index contributed by atoms with van der Waals surface area (Å²) in [6.07, 6.45) is 0. The van der Waals surface area contributed by atoms with Crippen molar-refractivity contribution in [2.75, 3.05) is 5.73 Å². The number of ether oxygens (including phenoxy) is 1. The van der Waals surface area contributed by atoms with E-state index in [-0.39, 0.29) is 5.41 Å². The summed E-state index contributed by atoms with van der Waals surface area (Å²) in [4.78, 5) is 4.12. The summed E-state index contributed by atoms with van der Waals surface area (Å²) in [5.41, 5.74) is 7.36. The van der Waals surface area contributed by atoms with Crippen molar-refractivity contribution in [3.05, 3.63) is 47.1 Å². The molecule has 1 heterocycles. The molecular weight excluding hydrogens is 260 g/mol. The molecule has 0 fully saturated rings. The minimum Gasteiger partial charge on any atom is -0.439 e. The molecule has 1 aromatic carbocycles. The maximum atomic E-state index is 5.87. The highest BCUT2D eigenvalue weighted by Gasteiger charge is 2.19. The van der Waals surface area contributed by atoms with Crippen LogP contribution in [0.25, 0.3) is 0 Å². The van der Waals surface area contributed by atoms with Gasteiger partial charge in [-0.05, 0) is 17.5 Å². The highest BCUT2D eigenvalue weighted by atomic mass is 35.5. The predicted octanol–water partition coefficient (Wildman–Crippen LogP) is 4.41. The van der Waals surface area contributed by atoms with Gasteiger partial charge in [0.15, 0.2) is 0 Å². The second kappa shape index (κ2) is 5.10. The first kappa shape index (κ1) is 13.7. The first-order valence-electron chi connectivity index (χ1n) is 6.07. The molecule has 0 aliphatic rings. The fraction of sp³-hybridized carbons (Fsp3) is 0.267. The van der Waals surface area contributed by atoms with Crippen LogP contribution in [-0.4, -0.2) is 4.98 Å². The van der Waals surface area contributed by atoms with Crippen molar-refractivity contribution in [2.45, 2.75) is 26.2 Å². The van der Waals surface area contributed by atoms with Crippen LogP contribution >= 0.6 is 11.6 Å². The van der Waals surface area contributed by atoms with E-state index in [0.29, 0.717) is 16.7 Å². The number of nitrogens with two attached hydrogens (primary N) is 1. The van der Waals surface area contributed by atoms with Crippen LogP contribution in [0.4, 0.5) is 5.69 Å². The molecule has 0 aliphatic carbocycles. The van der Waals surface area contributed by atoms with Crippen molar-refractivity contribution in [1.82, 2.24) is 4.98 Å². The van der Waals surface area contributed by atoms with E-state index in [2.05, 4.69) is 25.8 Å². The van der Waals surface area contributed by atoms with Gasteiger partial charge >= 0.3 is 0 Å². The summed E-state index contributed by atoms with van der Waals surface area (Å²) >= 11 is 5.87. The minimum atomic E-state index is -0.0132. The highest BCUT2D eigenvalue weighted by molar-refractivity contribution is 6.29. The number of nitrogens with zero attached hydrogens (tertiary/aromatic N) is 1. The minimum absolute atomic E-state index is 0.0132. The van der Waals surface area contributed by atoms with Crippen LogP contribution < -0.4 is 10.5 Å². The normalized spacial score (nSPS) is 11.4. The van der Waals surface area contributed by atoms with Crippen molar-refractivity contribution >= 4 is 17.3 Å². The molecular formula is C15H17ClN2O. The van der Waals surface area contributed by atoms with Crippen LogP contribution in [0, 0.1) is 0 Å². The Hall–Kier alpha value is -1.74. The maximum absolute atomic E-state index is 5.87. The maximum Gasteiger partial charge on any atom is 0.222 e. The van der Waals surface area contributed by atoms with Crippen molar-refractivity contribution in [3.8, 4) is 11.6 Å². The van der Waals surface area contributed by atoms with Crippen molar-refractivity contribution in [1.29, 1.82) is 0 Å². The molecule has 2 rings (SSSR count). The zero-order valence-electron chi connectivity index (χ0n) is 11.3. The zero-order valence-corrected chi connectivity index (χ0v) is 12.0. The Morgan fingerprint density at radius 2 is 1.84 bits per heavy atom. The van der Waals surface area contributed by atoms with E-state index in [0.717, 1.165) is 11.3 Å². The van der Waals surface area contributed by atoms with E-state index in [4.69, 9.17) is 22.1 Å². The number of hydrogen-bond donors (Lipinski definition) is 1. The molecule has 0 amide bonds. The van der Waals surface area contributed by atoms with Gasteiger partial charge < -0.3 is 10.5 Å². The largest absolute Gasteiger partial charge is 0.439 e. The summed E-state index contributed by atoms with van der Waals surface area (Å²) in [6, 6.07) is 11.1. The fourth-order valence-electron chi connectivity index (χ4n) is 1.83. The molecule has 0 radical (unpaired) electrons. The zero-order chi connectivity index (χ0) is 14.0. The van der Waals surface area contributed by atoms with E-state index in [1.165, 1.54) is 0 Å². The lowest BCUT2D eigenvalue weighted by molar-refractivity contribution is 0.440. The third-order valence-corrected chi connectivity index (χ3v) is 2.90. The molecule has 0 saturated carbocycles. The fourth-order valence-corrected chi connectivity index (χ4v) is 2.04. The summed E-state index contributed by atoms with van der Waals surface area (Å²) in [6.45, 7) is 6.40. The number of pyridine rings is 1.